The second kappa shape index (κ2) is 6.58. The standard InChI is InChI=1S/C11H20O4/c1-4-5-9(12)6-10(13)7(2)8(3)11(14)15/h9-10,12-13H,4-6H2,1-3H3,(H,14,15). The van der Waals surface area contributed by atoms with Crippen LogP contribution in [0.1, 0.15) is 40.0 Å². The van der Waals surface area contributed by atoms with Crippen LogP contribution in [0.4, 0.5) is 0 Å². The first-order valence-corrected chi connectivity index (χ1v) is 5.16. The Balaban J connectivity index is 4.38. The van der Waals surface area contributed by atoms with Crippen LogP contribution in [-0.4, -0.2) is 33.5 Å². The Labute approximate surface area is 90.2 Å². The molecule has 2 unspecified atom stereocenters. The van der Waals surface area contributed by atoms with Gasteiger partial charge in [0.15, 0.2) is 0 Å². The van der Waals surface area contributed by atoms with E-state index < -0.39 is 18.2 Å². The van der Waals surface area contributed by atoms with Crippen molar-refractivity contribution < 1.29 is 20.1 Å². The first kappa shape index (κ1) is 14.1. The minimum absolute atomic E-state index is 0.145. The summed E-state index contributed by atoms with van der Waals surface area (Å²) in [5.41, 5.74) is 0.559. The predicted molar refractivity (Wildman–Crippen MR) is 57.5 cm³/mol. The number of aliphatic hydroxyl groups excluding tert-OH is 2. The molecule has 0 aliphatic carbocycles. The summed E-state index contributed by atoms with van der Waals surface area (Å²) in [6, 6.07) is 0. The normalized spacial score (nSPS) is 16.9. The number of aliphatic carboxylic acids is 1. The molecule has 0 saturated carbocycles. The largest absolute Gasteiger partial charge is 0.478 e. The molecule has 4 heteroatoms. The third kappa shape index (κ3) is 4.95. The molecule has 88 valence electrons. The highest BCUT2D eigenvalue weighted by Gasteiger charge is 2.16. The topological polar surface area (TPSA) is 77.8 Å². The van der Waals surface area contributed by atoms with Gasteiger partial charge in [0.25, 0.3) is 0 Å². The second-order valence-electron chi connectivity index (χ2n) is 3.81. The van der Waals surface area contributed by atoms with Crippen molar-refractivity contribution in [2.24, 2.45) is 0 Å². The molecule has 0 amide bonds. The van der Waals surface area contributed by atoms with Crippen LogP contribution in [0.2, 0.25) is 0 Å². The van der Waals surface area contributed by atoms with E-state index in [2.05, 4.69) is 0 Å². The van der Waals surface area contributed by atoms with Crippen molar-refractivity contribution in [2.45, 2.75) is 52.2 Å². The van der Waals surface area contributed by atoms with Crippen molar-refractivity contribution in [2.75, 3.05) is 0 Å². The van der Waals surface area contributed by atoms with Gasteiger partial charge in [0, 0.05) is 12.0 Å². The summed E-state index contributed by atoms with van der Waals surface area (Å²) in [6.07, 6.45) is 0.221. The van der Waals surface area contributed by atoms with E-state index in [1.54, 1.807) is 6.92 Å². The molecule has 0 bridgehead atoms. The van der Waals surface area contributed by atoms with E-state index in [4.69, 9.17) is 5.11 Å². The summed E-state index contributed by atoms with van der Waals surface area (Å²) >= 11 is 0. The van der Waals surface area contributed by atoms with Crippen molar-refractivity contribution in [1.82, 2.24) is 0 Å². The summed E-state index contributed by atoms with van der Waals surface area (Å²) in [4.78, 5) is 10.6. The van der Waals surface area contributed by atoms with E-state index in [9.17, 15) is 15.0 Å². The van der Waals surface area contributed by atoms with Crippen molar-refractivity contribution in [3.05, 3.63) is 11.1 Å². The van der Waals surface area contributed by atoms with Gasteiger partial charge in [-0.15, -0.1) is 0 Å². The fraction of sp³-hybridized carbons (Fsp3) is 0.727. The van der Waals surface area contributed by atoms with E-state index in [1.165, 1.54) is 6.92 Å². The van der Waals surface area contributed by atoms with E-state index in [0.717, 1.165) is 6.42 Å². The van der Waals surface area contributed by atoms with Crippen LogP contribution in [-0.2, 0) is 4.79 Å². The molecular formula is C11H20O4. The van der Waals surface area contributed by atoms with Crippen molar-refractivity contribution in [3.63, 3.8) is 0 Å². The zero-order valence-electron chi connectivity index (χ0n) is 9.53. The average Bonchev–Trinajstić information content (AvgIpc) is 2.15. The fourth-order valence-corrected chi connectivity index (χ4v) is 1.30. The first-order valence-electron chi connectivity index (χ1n) is 5.16. The molecule has 2 atom stereocenters. The molecule has 3 N–H and O–H groups in total. The van der Waals surface area contributed by atoms with Gasteiger partial charge in [-0.05, 0) is 25.8 Å². The molecule has 0 spiro atoms. The van der Waals surface area contributed by atoms with Crippen LogP contribution in [0, 0.1) is 0 Å². The molecule has 0 rings (SSSR count). The van der Waals surface area contributed by atoms with E-state index in [1.807, 2.05) is 6.92 Å². The lowest BCUT2D eigenvalue weighted by Crippen LogP contribution is -2.20. The number of aliphatic hydroxyl groups is 2. The average molecular weight is 216 g/mol. The minimum Gasteiger partial charge on any atom is -0.478 e. The maximum Gasteiger partial charge on any atom is 0.331 e. The maximum absolute atomic E-state index is 10.6. The van der Waals surface area contributed by atoms with Gasteiger partial charge in [-0.25, -0.2) is 4.79 Å². The van der Waals surface area contributed by atoms with Gasteiger partial charge in [-0.1, -0.05) is 13.3 Å². The highest BCUT2D eigenvalue weighted by atomic mass is 16.4. The number of carboxylic acids is 1. The van der Waals surface area contributed by atoms with Gasteiger partial charge in [0.1, 0.15) is 0 Å². The van der Waals surface area contributed by atoms with Crippen LogP contribution in [0.5, 0.6) is 0 Å². The van der Waals surface area contributed by atoms with Gasteiger partial charge in [0.2, 0.25) is 0 Å². The molecular weight excluding hydrogens is 196 g/mol. The predicted octanol–water partition coefficient (Wildman–Crippen LogP) is 1.32. The number of hydrogen-bond acceptors (Lipinski definition) is 3. The van der Waals surface area contributed by atoms with Crippen LogP contribution in [0.15, 0.2) is 11.1 Å². The molecule has 0 aromatic rings. The molecule has 0 aromatic carbocycles. The van der Waals surface area contributed by atoms with Gasteiger partial charge >= 0.3 is 5.97 Å². The van der Waals surface area contributed by atoms with E-state index in [0.29, 0.717) is 12.0 Å². The van der Waals surface area contributed by atoms with Crippen LogP contribution in [0.25, 0.3) is 0 Å². The lowest BCUT2D eigenvalue weighted by Gasteiger charge is -2.16. The van der Waals surface area contributed by atoms with Crippen molar-refractivity contribution in [1.29, 1.82) is 0 Å². The summed E-state index contributed by atoms with van der Waals surface area (Å²) in [5.74, 6) is -1.03. The van der Waals surface area contributed by atoms with Crippen molar-refractivity contribution >= 4 is 5.97 Å². The van der Waals surface area contributed by atoms with E-state index in [-0.39, 0.29) is 12.0 Å². The zero-order chi connectivity index (χ0) is 12.0. The first-order chi connectivity index (χ1) is 6.90. The summed E-state index contributed by atoms with van der Waals surface area (Å²) in [6.45, 7) is 4.97. The number of carbonyl (C=O) groups is 1. The minimum atomic E-state index is -1.03. The Hall–Kier alpha value is -0.870. The Morgan fingerprint density at radius 2 is 1.80 bits per heavy atom. The molecule has 0 aromatic heterocycles. The lowest BCUT2D eigenvalue weighted by atomic mass is 9.99. The highest BCUT2D eigenvalue weighted by molar-refractivity contribution is 5.86. The molecule has 0 aliphatic rings. The summed E-state index contributed by atoms with van der Waals surface area (Å²) in [7, 11) is 0. The second-order valence-corrected chi connectivity index (χ2v) is 3.81. The third-order valence-corrected chi connectivity index (χ3v) is 2.53. The van der Waals surface area contributed by atoms with Crippen LogP contribution < -0.4 is 0 Å². The molecule has 15 heavy (non-hydrogen) atoms. The zero-order valence-corrected chi connectivity index (χ0v) is 9.53. The summed E-state index contributed by atoms with van der Waals surface area (Å²) < 4.78 is 0. The van der Waals surface area contributed by atoms with Crippen LogP contribution >= 0.6 is 0 Å². The van der Waals surface area contributed by atoms with Gasteiger partial charge < -0.3 is 15.3 Å². The van der Waals surface area contributed by atoms with Gasteiger partial charge in [-0.3, -0.25) is 0 Å². The molecule has 0 aliphatic heterocycles. The molecule has 0 saturated heterocycles. The molecule has 4 nitrogen and oxygen atoms in total. The number of hydrogen-bond donors (Lipinski definition) is 3. The monoisotopic (exact) mass is 216 g/mol. The Kier molecular flexibility index (Phi) is 6.20. The van der Waals surface area contributed by atoms with Gasteiger partial charge in [0.05, 0.1) is 12.2 Å². The maximum atomic E-state index is 10.6. The van der Waals surface area contributed by atoms with Crippen molar-refractivity contribution in [3.8, 4) is 0 Å². The molecule has 0 radical (unpaired) electrons. The Morgan fingerprint density at radius 1 is 1.27 bits per heavy atom. The quantitative estimate of drug-likeness (QED) is 0.585. The smallest absolute Gasteiger partial charge is 0.331 e. The van der Waals surface area contributed by atoms with Gasteiger partial charge in [-0.2, -0.15) is 0 Å². The number of carboxylic acid groups (broad SMARTS) is 1. The van der Waals surface area contributed by atoms with E-state index >= 15 is 0 Å². The molecule has 0 fully saturated rings. The summed E-state index contributed by atoms with van der Waals surface area (Å²) in [5, 5.41) is 27.8. The Bertz CT molecular complexity index is 245. The third-order valence-electron chi connectivity index (χ3n) is 2.53. The lowest BCUT2D eigenvalue weighted by molar-refractivity contribution is -0.132. The SMILES string of the molecule is CCCC(O)CC(O)C(C)=C(C)C(=O)O. The molecule has 0 heterocycles. The number of rotatable bonds is 6. The van der Waals surface area contributed by atoms with Crippen LogP contribution in [0.3, 0.4) is 0 Å². The fourth-order valence-electron chi connectivity index (χ4n) is 1.30. The highest BCUT2D eigenvalue weighted by Crippen LogP contribution is 2.15. The Morgan fingerprint density at radius 3 is 2.20 bits per heavy atom.